The number of aliphatic hydroxyl groups is 1. The summed E-state index contributed by atoms with van der Waals surface area (Å²) in [7, 11) is 0. The zero-order valence-electron chi connectivity index (χ0n) is 21.6. The Balaban J connectivity index is 0.00000155. The third kappa shape index (κ3) is 5.93. The molecule has 176 valence electrons. The van der Waals surface area contributed by atoms with Gasteiger partial charge in [0.05, 0.1) is 6.10 Å². The fourth-order valence-corrected chi connectivity index (χ4v) is 7.13. The number of hydrogen-bond acceptors (Lipinski definition) is 1. The van der Waals surface area contributed by atoms with Crippen molar-refractivity contribution in [3.8, 4) is 0 Å². The smallest absolute Gasteiger partial charge is 0.0542 e. The van der Waals surface area contributed by atoms with Crippen LogP contribution in [0, 0.1) is 34.0 Å². The molecule has 3 rings (SSSR count). The average Bonchev–Trinajstić information content (AvgIpc) is 2.70. The van der Waals surface area contributed by atoms with Crippen LogP contribution in [-0.4, -0.2) is 11.2 Å². The van der Waals surface area contributed by atoms with Gasteiger partial charge in [0.25, 0.3) is 0 Å². The Hall–Kier alpha value is -0.300. The standard InChI is InChI=1S/C27H48O.C2H6/c1-21-20-24(28)12-9-16-26(4)17-13-23(21)11-6-7-14-25(3)15-8-10-22(2)27(26,5)19-18-25;1-2/h6-7,21-24,28H,8-20H2,1-5H3;1-2H3/b7-6+;/t21?,22?,23?,24?,25?,26?,27-;/m1./s1. The number of aliphatic hydroxyl groups excluding tert-OH is 1. The lowest BCUT2D eigenvalue weighted by Crippen LogP contribution is -2.45. The fraction of sp³-hybridized carbons (Fsp3) is 0.931. The fourth-order valence-electron chi connectivity index (χ4n) is 7.13. The number of hydrogen-bond donors (Lipinski definition) is 1. The Bertz CT molecular complexity index is 538. The highest BCUT2D eigenvalue weighted by Crippen LogP contribution is 2.58. The topological polar surface area (TPSA) is 20.2 Å². The van der Waals surface area contributed by atoms with E-state index in [-0.39, 0.29) is 6.10 Å². The first-order valence-electron chi connectivity index (χ1n) is 13.5. The van der Waals surface area contributed by atoms with Gasteiger partial charge >= 0.3 is 0 Å². The zero-order chi connectivity index (χ0) is 22.4. The Morgan fingerprint density at radius 2 is 1.50 bits per heavy atom. The van der Waals surface area contributed by atoms with E-state index in [1.165, 1.54) is 70.6 Å². The third-order valence-electron chi connectivity index (χ3n) is 10.1. The van der Waals surface area contributed by atoms with Gasteiger partial charge in [-0.05, 0) is 98.2 Å². The van der Waals surface area contributed by atoms with Gasteiger partial charge in [-0.25, -0.2) is 0 Å². The lowest BCUT2D eigenvalue weighted by Gasteiger charge is -2.54. The van der Waals surface area contributed by atoms with Crippen molar-refractivity contribution in [1.82, 2.24) is 0 Å². The Labute approximate surface area is 189 Å². The van der Waals surface area contributed by atoms with E-state index >= 15 is 0 Å². The molecule has 0 spiro atoms. The van der Waals surface area contributed by atoms with Gasteiger partial charge in [-0.2, -0.15) is 0 Å². The molecule has 1 N–H and O–H groups in total. The minimum atomic E-state index is -0.0948. The minimum absolute atomic E-state index is 0.0948. The lowest BCUT2D eigenvalue weighted by molar-refractivity contribution is -0.0457. The highest BCUT2D eigenvalue weighted by atomic mass is 16.3. The van der Waals surface area contributed by atoms with Crippen molar-refractivity contribution in [2.45, 2.75) is 138 Å². The number of allylic oxidation sites excluding steroid dienone is 2. The normalized spacial score (nSPS) is 46.9. The molecule has 4 bridgehead atoms. The van der Waals surface area contributed by atoms with Crippen molar-refractivity contribution < 1.29 is 5.11 Å². The molecule has 0 aliphatic heterocycles. The van der Waals surface area contributed by atoms with E-state index in [4.69, 9.17) is 0 Å². The molecule has 0 radical (unpaired) electrons. The minimum Gasteiger partial charge on any atom is -0.393 e. The van der Waals surface area contributed by atoms with Crippen LogP contribution in [0.25, 0.3) is 0 Å². The molecule has 2 fully saturated rings. The maximum Gasteiger partial charge on any atom is 0.0542 e. The van der Waals surface area contributed by atoms with E-state index in [0.717, 1.165) is 24.7 Å². The monoisotopic (exact) mass is 418 g/mol. The van der Waals surface area contributed by atoms with Gasteiger partial charge in [0, 0.05) is 0 Å². The van der Waals surface area contributed by atoms with Crippen molar-refractivity contribution in [1.29, 1.82) is 0 Å². The van der Waals surface area contributed by atoms with Crippen molar-refractivity contribution in [3.05, 3.63) is 12.2 Å². The average molecular weight is 419 g/mol. The Morgan fingerprint density at radius 1 is 0.800 bits per heavy atom. The summed E-state index contributed by atoms with van der Waals surface area (Å²) >= 11 is 0. The van der Waals surface area contributed by atoms with E-state index < -0.39 is 0 Å². The number of fused-ring (bicyclic) bond motifs is 7. The molecular weight excluding hydrogens is 364 g/mol. The van der Waals surface area contributed by atoms with Crippen molar-refractivity contribution in [2.24, 2.45) is 34.0 Å². The highest BCUT2D eigenvalue weighted by molar-refractivity contribution is 5.01. The van der Waals surface area contributed by atoms with Gasteiger partial charge in [0.15, 0.2) is 0 Å². The van der Waals surface area contributed by atoms with E-state index in [2.05, 4.69) is 46.8 Å². The largest absolute Gasteiger partial charge is 0.393 e. The summed E-state index contributed by atoms with van der Waals surface area (Å²) < 4.78 is 0. The molecule has 2 saturated carbocycles. The van der Waals surface area contributed by atoms with Gasteiger partial charge in [-0.1, -0.05) is 79.9 Å². The molecule has 0 saturated heterocycles. The third-order valence-corrected chi connectivity index (χ3v) is 10.1. The summed E-state index contributed by atoms with van der Waals surface area (Å²) in [5.41, 5.74) is 1.32. The predicted octanol–water partition coefficient (Wildman–Crippen LogP) is 8.95. The van der Waals surface area contributed by atoms with Gasteiger partial charge in [0.1, 0.15) is 0 Å². The Morgan fingerprint density at radius 3 is 2.23 bits per heavy atom. The molecule has 30 heavy (non-hydrogen) atoms. The second-order valence-electron chi connectivity index (χ2n) is 12.1. The van der Waals surface area contributed by atoms with Crippen LogP contribution >= 0.6 is 0 Å². The molecule has 3 aliphatic carbocycles. The van der Waals surface area contributed by atoms with Crippen LogP contribution in [0.5, 0.6) is 0 Å². The maximum absolute atomic E-state index is 10.6. The summed E-state index contributed by atoms with van der Waals surface area (Å²) in [5, 5.41) is 10.6. The molecular formula is C29H54O. The molecule has 3 aliphatic rings. The van der Waals surface area contributed by atoms with E-state index in [9.17, 15) is 5.11 Å². The van der Waals surface area contributed by atoms with Gasteiger partial charge in [-0.15, -0.1) is 0 Å². The maximum atomic E-state index is 10.6. The van der Waals surface area contributed by atoms with Crippen molar-refractivity contribution in [3.63, 3.8) is 0 Å². The molecule has 0 aromatic rings. The quantitative estimate of drug-likeness (QED) is 0.389. The van der Waals surface area contributed by atoms with Crippen LogP contribution in [0.15, 0.2) is 12.2 Å². The first-order valence-corrected chi connectivity index (χ1v) is 13.5. The van der Waals surface area contributed by atoms with Crippen LogP contribution in [0.4, 0.5) is 0 Å². The molecule has 0 aromatic carbocycles. The van der Waals surface area contributed by atoms with Crippen LogP contribution in [0.1, 0.15) is 132 Å². The van der Waals surface area contributed by atoms with Crippen molar-refractivity contribution >= 4 is 0 Å². The van der Waals surface area contributed by atoms with Crippen molar-refractivity contribution in [2.75, 3.05) is 0 Å². The zero-order valence-corrected chi connectivity index (χ0v) is 21.6. The summed E-state index contributed by atoms with van der Waals surface area (Å²) in [4.78, 5) is 0. The van der Waals surface area contributed by atoms with E-state index in [1.807, 2.05) is 13.8 Å². The van der Waals surface area contributed by atoms with Crippen LogP contribution in [0.2, 0.25) is 0 Å². The van der Waals surface area contributed by atoms with E-state index in [1.54, 1.807) is 0 Å². The first-order chi connectivity index (χ1) is 14.2. The predicted molar refractivity (Wildman–Crippen MR) is 133 cm³/mol. The molecule has 6 unspecified atom stereocenters. The second kappa shape index (κ2) is 11.0. The summed E-state index contributed by atoms with van der Waals surface area (Å²) in [5.74, 6) is 2.17. The van der Waals surface area contributed by atoms with Crippen LogP contribution in [-0.2, 0) is 0 Å². The summed E-state index contributed by atoms with van der Waals surface area (Å²) in [6.45, 7) is 16.8. The summed E-state index contributed by atoms with van der Waals surface area (Å²) in [6, 6.07) is 0. The van der Waals surface area contributed by atoms with Gasteiger partial charge in [-0.3, -0.25) is 0 Å². The molecule has 7 atom stereocenters. The Kier molecular flexibility index (Phi) is 9.54. The molecule has 0 heterocycles. The van der Waals surface area contributed by atoms with Crippen LogP contribution < -0.4 is 0 Å². The second-order valence-corrected chi connectivity index (χ2v) is 12.1. The highest BCUT2D eigenvalue weighted by Gasteiger charge is 2.49. The molecule has 1 heteroatoms. The molecule has 0 aromatic heterocycles. The SMILES string of the molecule is CC.CC1CC(O)CCCC2(C)CCC1C/C=C/CC1(C)CCCC(C)[C@@]2(C)CC1. The lowest BCUT2D eigenvalue weighted by atomic mass is 9.51. The van der Waals surface area contributed by atoms with Gasteiger partial charge < -0.3 is 5.11 Å². The van der Waals surface area contributed by atoms with Gasteiger partial charge in [0.2, 0.25) is 0 Å². The summed E-state index contributed by atoms with van der Waals surface area (Å²) in [6.07, 6.45) is 21.6. The molecule has 0 amide bonds. The molecule has 1 nitrogen and oxygen atoms in total. The number of rotatable bonds is 0. The first kappa shape index (κ1) is 26.0. The van der Waals surface area contributed by atoms with E-state index in [0.29, 0.717) is 22.2 Å². The van der Waals surface area contributed by atoms with Crippen LogP contribution in [0.3, 0.4) is 0 Å².